The third kappa shape index (κ3) is 5.01. The van der Waals surface area contributed by atoms with Crippen molar-refractivity contribution in [2.24, 2.45) is 11.8 Å². The first-order valence-electron chi connectivity index (χ1n) is 6.86. The molecule has 1 aliphatic rings. The zero-order valence-electron chi connectivity index (χ0n) is 11.7. The third-order valence-electron chi connectivity index (χ3n) is 3.39. The number of hydrogen-bond donors (Lipinski definition) is 1. The second-order valence-electron chi connectivity index (χ2n) is 6.17. The molecule has 0 saturated carbocycles. The van der Waals surface area contributed by atoms with Gasteiger partial charge in [-0.25, -0.2) is 0 Å². The molecule has 0 aliphatic carbocycles. The molecule has 1 saturated heterocycles. The molecule has 3 heteroatoms. The van der Waals surface area contributed by atoms with E-state index in [1.807, 2.05) is 0 Å². The summed E-state index contributed by atoms with van der Waals surface area (Å²) in [5, 5.41) is 3.93. The molecule has 0 radical (unpaired) electrons. The SMILES string of the molecule is CC(C)C[CH2][Ge]1([CH2]CC(C)C)[NH]CC(C)[S]1. The molecule has 0 aromatic carbocycles. The number of hydrogen-bond acceptors (Lipinski definition) is 2. The monoisotopic (exact) mass is 305 g/mol. The summed E-state index contributed by atoms with van der Waals surface area (Å²) >= 11 is -1.70. The Morgan fingerprint density at radius 2 is 1.62 bits per heavy atom. The molecule has 0 aromatic rings. The standard InChI is InChI=1S/C13H29GeNS/c1-11(2)6-8-14(9-7-12(3)4)15-10-13(5)16-14/h11-13,15H,6-10H2,1-5H3. The fourth-order valence-corrected chi connectivity index (χ4v) is 19.9. The van der Waals surface area contributed by atoms with Crippen LogP contribution < -0.4 is 4.27 Å². The molecule has 1 unspecified atom stereocenters. The van der Waals surface area contributed by atoms with E-state index in [1.165, 1.54) is 29.9 Å². The van der Waals surface area contributed by atoms with E-state index < -0.39 is 12.3 Å². The van der Waals surface area contributed by atoms with Crippen LogP contribution in [0.5, 0.6) is 0 Å². The van der Waals surface area contributed by atoms with Gasteiger partial charge in [-0.05, 0) is 0 Å². The van der Waals surface area contributed by atoms with Gasteiger partial charge in [-0.3, -0.25) is 0 Å². The van der Waals surface area contributed by atoms with Gasteiger partial charge in [-0.15, -0.1) is 0 Å². The minimum atomic E-state index is -1.70. The molecule has 1 rings (SSSR count). The van der Waals surface area contributed by atoms with Gasteiger partial charge in [0.05, 0.1) is 0 Å². The van der Waals surface area contributed by atoms with Crippen molar-refractivity contribution in [1.82, 2.24) is 4.27 Å². The Bertz CT molecular complexity index is 194. The van der Waals surface area contributed by atoms with Crippen LogP contribution >= 0.6 is 10.1 Å². The average Bonchev–Trinajstić information content (AvgIpc) is 2.55. The maximum absolute atomic E-state index is 3.98. The topological polar surface area (TPSA) is 12.0 Å². The summed E-state index contributed by atoms with van der Waals surface area (Å²) in [6.45, 7) is 13.1. The van der Waals surface area contributed by atoms with Gasteiger partial charge in [-0.2, -0.15) is 0 Å². The molecule has 0 bridgehead atoms. The Morgan fingerprint density at radius 1 is 1.12 bits per heavy atom. The first kappa shape index (κ1) is 14.9. The summed E-state index contributed by atoms with van der Waals surface area (Å²) in [6.07, 6.45) is 2.87. The fraction of sp³-hybridized carbons (Fsp3) is 1.00. The predicted molar refractivity (Wildman–Crippen MR) is 79.3 cm³/mol. The predicted octanol–water partition coefficient (Wildman–Crippen LogP) is 4.25. The maximum atomic E-state index is 3.98. The molecule has 0 spiro atoms. The molecular weight excluding hydrogens is 275 g/mol. The van der Waals surface area contributed by atoms with Crippen molar-refractivity contribution in [3.8, 4) is 0 Å². The molecule has 1 atom stereocenters. The van der Waals surface area contributed by atoms with Crippen LogP contribution in [0.4, 0.5) is 0 Å². The number of rotatable bonds is 6. The van der Waals surface area contributed by atoms with Crippen molar-refractivity contribution >= 4 is 22.4 Å². The van der Waals surface area contributed by atoms with Gasteiger partial charge in [-0.1, -0.05) is 0 Å². The van der Waals surface area contributed by atoms with Gasteiger partial charge < -0.3 is 0 Å². The van der Waals surface area contributed by atoms with Crippen molar-refractivity contribution in [2.75, 3.05) is 6.54 Å². The molecule has 1 aliphatic heterocycles. The molecule has 0 aromatic heterocycles. The van der Waals surface area contributed by atoms with Crippen LogP contribution in [-0.2, 0) is 0 Å². The van der Waals surface area contributed by atoms with Crippen molar-refractivity contribution in [3.05, 3.63) is 0 Å². The van der Waals surface area contributed by atoms with Crippen molar-refractivity contribution < 1.29 is 0 Å². The quantitative estimate of drug-likeness (QED) is 0.736. The van der Waals surface area contributed by atoms with Gasteiger partial charge in [0.25, 0.3) is 0 Å². The first-order valence-corrected chi connectivity index (χ1v) is 14.3. The van der Waals surface area contributed by atoms with Crippen LogP contribution in [0.3, 0.4) is 0 Å². The molecule has 1 N–H and O–H groups in total. The van der Waals surface area contributed by atoms with E-state index in [0.717, 1.165) is 17.1 Å². The Kier molecular flexibility index (Phi) is 6.24. The van der Waals surface area contributed by atoms with E-state index in [1.54, 1.807) is 0 Å². The molecule has 1 fully saturated rings. The van der Waals surface area contributed by atoms with Crippen LogP contribution in [-0.4, -0.2) is 24.1 Å². The zero-order valence-corrected chi connectivity index (χ0v) is 14.6. The van der Waals surface area contributed by atoms with Crippen LogP contribution in [0, 0.1) is 11.8 Å². The first-order chi connectivity index (χ1) is 7.43. The normalized spacial score (nSPS) is 24.6. The third-order valence-corrected chi connectivity index (χ3v) is 19.0. The average molecular weight is 304 g/mol. The Morgan fingerprint density at radius 3 is 1.94 bits per heavy atom. The molecule has 0 amide bonds. The van der Waals surface area contributed by atoms with Gasteiger partial charge in [0.15, 0.2) is 0 Å². The van der Waals surface area contributed by atoms with Gasteiger partial charge >= 0.3 is 108 Å². The molecule has 1 heterocycles. The minimum absolute atomic E-state index is 0.874. The summed E-state index contributed by atoms with van der Waals surface area (Å²) < 4.78 is 3.98. The summed E-state index contributed by atoms with van der Waals surface area (Å²) in [6, 6.07) is 0. The van der Waals surface area contributed by atoms with Gasteiger partial charge in [0.1, 0.15) is 0 Å². The van der Waals surface area contributed by atoms with E-state index in [2.05, 4.69) is 49.0 Å². The van der Waals surface area contributed by atoms with E-state index in [4.69, 9.17) is 0 Å². The van der Waals surface area contributed by atoms with E-state index in [9.17, 15) is 0 Å². The number of nitrogens with one attached hydrogen (secondary N) is 1. The van der Waals surface area contributed by atoms with Crippen molar-refractivity contribution in [2.45, 2.75) is 63.2 Å². The molecule has 96 valence electrons. The second-order valence-corrected chi connectivity index (χ2v) is 19.8. The molecular formula is C13H29GeNS. The summed E-state index contributed by atoms with van der Waals surface area (Å²) in [7, 11) is 2.37. The Hall–Kier alpha value is 0.853. The van der Waals surface area contributed by atoms with Crippen molar-refractivity contribution in [1.29, 1.82) is 0 Å². The van der Waals surface area contributed by atoms with E-state index >= 15 is 0 Å². The van der Waals surface area contributed by atoms with Crippen LogP contribution in [0.1, 0.15) is 47.5 Å². The van der Waals surface area contributed by atoms with E-state index in [0.29, 0.717) is 0 Å². The van der Waals surface area contributed by atoms with Gasteiger partial charge in [0.2, 0.25) is 0 Å². The Balaban J connectivity index is 2.48. The Labute approximate surface area is 108 Å². The van der Waals surface area contributed by atoms with Gasteiger partial charge in [0, 0.05) is 0 Å². The van der Waals surface area contributed by atoms with E-state index in [-0.39, 0.29) is 0 Å². The fourth-order valence-electron chi connectivity index (χ4n) is 2.26. The summed E-state index contributed by atoms with van der Waals surface area (Å²) in [5.41, 5.74) is 0. The summed E-state index contributed by atoms with van der Waals surface area (Å²) in [4.78, 5) is 0. The molecule has 16 heavy (non-hydrogen) atoms. The summed E-state index contributed by atoms with van der Waals surface area (Å²) in [5.74, 6) is 1.75. The zero-order chi connectivity index (χ0) is 12.2. The van der Waals surface area contributed by atoms with Crippen molar-refractivity contribution in [3.63, 3.8) is 0 Å². The second kappa shape index (κ2) is 6.70. The van der Waals surface area contributed by atoms with Crippen LogP contribution in [0.25, 0.3) is 0 Å². The molecule has 1 nitrogen and oxygen atoms in total. The van der Waals surface area contributed by atoms with Crippen LogP contribution in [0.15, 0.2) is 0 Å². The van der Waals surface area contributed by atoms with Crippen LogP contribution in [0.2, 0.25) is 10.5 Å².